The Labute approximate surface area is 144 Å². The number of aromatic nitrogens is 2. The molecule has 1 aromatic heterocycles. The Hall–Kier alpha value is -3.28. The van der Waals surface area contributed by atoms with Crippen LogP contribution >= 0.6 is 0 Å². The lowest BCUT2D eigenvalue weighted by atomic mass is 10.1. The van der Waals surface area contributed by atoms with E-state index >= 15 is 0 Å². The van der Waals surface area contributed by atoms with Gasteiger partial charge in [0.25, 0.3) is 5.91 Å². The predicted octanol–water partition coefficient (Wildman–Crippen LogP) is 3.78. The van der Waals surface area contributed by atoms with Crippen LogP contribution in [0.15, 0.2) is 60.8 Å². The lowest BCUT2D eigenvalue weighted by molar-refractivity contribution is 0.0816. The summed E-state index contributed by atoms with van der Waals surface area (Å²) in [6.45, 7) is 0. The van der Waals surface area contributed by atoms with Gasteiger partial charge in [0.1, 0.15) is 17.3 Å². The van der Waals surface area contributed by atoms with E-state index in [1.807, 2.05) is 12.1 Å². The highest BCUT2D eigenvalue weighted by atomic mass is 19.1. The highest BCUT2D eigenvalue weighted by Gasteiger charge is 2.12. The molecule has 0 spiro atoms. The molecule has 0 saturated carbocycles. The molecule has 1 amide bonds. The standard InChI is InChI=1S/C19H16FN3O2/c1-23(2)19(24)18-21-12-11-17(22-18)13-3-7-15(8-4-13)25-16-9-5-14(20)6-10-16/h3-12H,1-2H3. The van der Waals surface area contributed by atoms with E-state index in [2.05, 4.69) is 9.97 Å². The van der Waals surface area contributed by atoms with E-state index < -0.39 is 0 Å². The molecule has 6 heteroatoms. The molecule has 0 aliphatic carbocycles. The number of nitrogens with zero attached hydrogens (tertiary/aromatic N) is 3. The summed E-state index contributed by atoms with van der Waals surface area (Å²) in [7, 11) is 3.31. The number of hydrogen-bond donors (Lipinski definition) is 0. The zero-order chi connectivity index (χ0) is 17.8. The van der Waals surface area contributed by atoms with Crippen molar-refractivity contribution in [2.75, 3.05) is 14.1 Å². The molecule has 0 N–H and O–H groups in total. The topological polar surface area (TPSA) is 55.3 Å². The minimum absolute atomic E-state index is 0.147. The van der Waals surface area contributed by atoms with Crippen LogP contribution in [0, 0.1) is 5.82 Å². The molecular formula is C19H16FN3O2. The number of carbonyl (C=O) groups is 1. The molecule has 0 saturated heterocycles. The van der Waals surface area contributed by atoms with Crippen molar-refractivity contribution in [2.24, 2.45) is 0 Å². The maximum Gasteiger partial charge on any atom is 0.291 e. The normalized spacial score (nSPS) is 10.4. The third-order valence-electron chi connectivity index (χ3n) is 3.45. The van der Waals surface area contributed by atoms with Crippen LogP contribution in [0.4, 0.5) is 4.39 Å². The highest BCUT2D eigenvalue weighted by Crippen LogP contribution is 2.25. The first-order chi connectivity index (χ1) is 12.0. The van der Waals surface area contributed by atoms with Gasteiger partial charge >= 0.3 is 0 Å². The molecule has 0 fully saturated rings. The lowest BCUT2D eigenvalue weighted by Crippen LogP contribution is -2.24. The van der Waals surface area contributed by atoms with Crippen molar-refractivity contribution < 1.29 is 13.9 Å². The van der Waals surface area contributed by atoms with Crippen LogP contribution in [0.5, 0.6) is 11.5 Å². The maximum atomic E-state index is 12.9. The molecule has 1 heterocycles. The van der Waals surface area contributed by atoms with Gasteiger partial charge < -0.3 is 9.64 Å². The van der Waals surface area contributed by atoms with Gasteiger partial charge in [0.05, 0.1) is 5.69 Å². The minimum Gasteiger partial charge on any atom is -0.457 e. The first-order valence-corrected chi connectivity index (χ1v) is 7.61. The van der Waals surface area contributed by atoms with Crippen molar-refractivity contribution in [1.29, 1.82) is 0 Å². The van der Waals surface area contributed by atoms with Crippen molar-refractivity contribution in [3.05, 3.63) is 72.4 Å². The van der Waals surface area contributed by atoms with Crippen molar-refractivity contribution in [3.8, 4) is 22.8 Å². The Morgan fingerprint density at radius 3 is 2.16 bits per heavy atom. The van der Waals surface area contributed by atoms with Gasteiger partial charge in [-0.2, -0.15) is 0 Å². The Morgan fingerprint density at radius 2 is 1.56 bits per heavy atom. The summed E-state index contributed by atoms with van der Waals surface area (Å²) in [5.41, 5.74) is 1.48. The number of amides is 1. The molecule has 0 radical (unpaired) electrons. The van der Waals surface area contributed by atoms with Gasteiger partial charge in [0, 0.05) is 25.9 Å². The summed E-state index contributed by atoms with van der Waals surface area (Å²) in [5.74, 6) is 0.755. The number of halogens is 1. The Morgan fingerprint density at radius 1 is 0.960 bits per heavy atom. The molecule has 2 aromatic carbocycles. The fraction of sp³-hybridized carbons (Fsp3) is 0.105. The fourth-order valence-electron chi connectivity index (χ4n) is 2.15. The summed E-state index contributed by atoms with van der Waals surface area (Å²) in [4.78, 5) is 21.7. The molecule has 25 heavy (non-hydrogen) atoms. The zero-order valence-corrected chi connectivity index (χ0v) is 13.8. The first-order valence-electron chi connectivity index (χ1n) is 7.61. The molecule has 3 aromatic rings. The van der Waals surface area contributed by atoms with E-state index in [9.17, 15) is 9.18 Å². The van der Waals surface area contributed by atoms with Gasteiger partial charge in [-0.15, -0.1) is 0 Å². The van der Waals surface area contributed by atoms with Gasteiger partial charge in [0.15, 0.2) is 0 Å². The Bertz CT molecular complexity index is 878. The Kier molecular flexibility index (Phi) is 4.70. The second kappa shape index (κ2) is 7.09. The second-order valence-electron chi connectivity index (χ2n) is 5.55. The van der Waals surface area contributed by atoms with Gasteiger partial charge in [-0.3, -0.25) is 4.79 Å². The van der Waals surface area contributed by atoms with E-state index in [-0.39, 0.29) is 17.5 Å². The lowest BCUT2D eigenvalue weighted by Gasteiger charge is -2.10. The second-order valence-corrected chi connectivity index (χ2v) is 5.55. The van der Waals surface area contributed by atoms with Gasteiger partial charge in [-0.05, 0) is 54.6 Å². The average Bonchev–Trinajstić information content (AvgIpc) is 2.63. The largest absolute Gasteiger partial charge is 0.457 e. The number of carbonyl (C=O) groups excluding carboxylic acids is 1. The van der Waals surface area contributed by atoms with Crippen LogP contribution in [0.1, 0.15) is 10.6 Å². The predicted molar refractivity (Wildman–Crippen MR) is 92.0 cm³/mol. The molecule has 5 nitrogen and oxygen atoms in total. The van der Waals surface area contributed by atoms with E-state index in [1.54, 1.807) is 50.6 Å². The first kappa shape index (κ1) is 16.6. The van der Waals surface area contributed by atoms with E-state index in [0.29, 0.717) is 17.2 Å². The van der Waals surface area contributed by atoms with Gasteiger partial charge in [0.2, 0.25) is 5.82 Å². The zero-order valence-electron chi connectivity index (χ0n) is 13.8. The van der Waals surface area contributed by atoms with Crippen molar-refractivity contribution in [2.45, 2.75) is 0 Å². The SMILES string of the molecule is CN(C)C(=O)c1nccc(-c2ccc(Oc3ccc(F)cc3)cc2)n1. The number of hydrogen-bond acceptors (Lipinski definition) is 4. The highest BCUT2D eigenvalue weighted by molar-refractivity contribution is 5.90. The van der Waals surface area contributed by atoms with E-state index in [1.165, 1.54) is 17.0 Å². The van der Waals surface area contributed by atoms with Crippen LogP contribution in [-0.2, 0) is 0 Å². The molecule has 0 atom stereocenters. The monoisotopic (exact) mass is 337 g/mol. The Balaban J connectivity index is 1.79. The molecule has 0 bridgehead atoms. The van der Waals surface area contributed by atoms with Crippen molar-refractivity contribution in [3.63, 3.8) is 0 Å². The summed E-state index contributed by atoms with van der Waals surface area (Å²) in [6.07, 6.45) is 1.56. The number of benzene rings is 2. The maximum absolute atomic E-state index is 12.9. The molecule has 0 unspecified atom stereocenters. The summed E-state index contributed by atoms with van der Waals surface area (Å²) < 4.78 is 18.6. The molecular weight excluding hydrogens is 321 g/mol. The summed E-state index contributed by atoms with van der Waals surface area (Å²) >= 11 is 0. The van der Waals surface area contributed by atoms with Crippen LogP contribution in [0.3, 0.4) is 0 Å². The van der Waals surface area contributed by atoms with Crippen LogP contribution < -0.4 is 4.74 Å². The fourth-order valence-corrected chi connectivity index (χ4v) is 2.15. The van der Waals surface area contributed by atoms with Crippen LogP contribution in [0.25, 0.3) is 11.3 Å². The molecule has 3 rings (SSSR count). The van der Waals surface area contributed by atoms with Crippen LogP contribution in [0.2, 0.25) is 0 Å². The number of rotatable bonds is 4. The van der Waals surface area contributed by atoms with E-state index in [4.69, 9.17) is 4.74 Å². The van der Waals surface area contributed by atoms with Gasteiger partial charge in [-0.25, -0.2) is 14.4 Å². The van der Waals surface area contributed by atoms with Crippen molar-refractivity contribution in [1.82, 2.24) is 14.9 Å². The molecule has 126 valence electrons. The number of ether oxygens (including phenoxy) is 1. The third-order valence-corrected chi connectivity index (χ3v) is 3.45. The smallest absolute Gasteiger partial charge is 0.291 e. The van der Waals surface area contributed by atoms with Crippen LogP contribution in [-0.4, -0.2) is 34.9 Å². The minimum atomic E-state index is -0.311. The molecule has 0 aliphatic rings. The molecule has 0 aliphatic heterocycles. The average molecular weight is 337 g/mol. The van der Waals surface area contributed by atoms with E-state index in [0.717, 1.165) is 5.56 Å². The summed E-state index contributed by atoms with van der Waals surface area (Å²) in [6, 6.07) is 14.8. The van der Waals surface area contributed by atoms with Crippen molar-refractivity contribution >= 4 is 5.91 Å². The quantitative estimate of drug-likeness (QED) is 0.727. The third kappa shape index (κ3) is 3.98. The summed E-state index contributed by atoms with van der Waals surface area (Å²) in [5, 5.41) is 0. The van der Waals surface area contributed by atoms with Gasteiger partial charge in [-0.1, -0.05) is 0 Å².